The first kappa shape index (κ1) is 14.8. The molecule has 2 rings (SSSR count). The summed E-state index contributed by atoms with van der Waals surface area (Å²) in [5, 5.41) is 0. The van der Waals surface area contributed by atoms with Crippen LogP contribution in [0.2, 0.25) is 0 Å². The maximum Gasteiger partial charge on any atom is 0.226 e. The summed E-state index contributed by atoms with van der Waals surface area (Å²) in [5.41, 5.74) is 2.42. The number of methoxy groups -OCH3 is 1. The fourth-order valence-corrected chi connectivity index (χ4v) is 3.03. The first-order valence-electron chi connectivity index (χ1n) is 6.80. The molecular formula is C15H20INO2. The molecule has 0 spiro atoms. The Labute approximate surface area is 128 Å². The largest absolute Gasteiger partial charge is 0.385 e. The number of benzene rings is 1. The van der Waals surface area contributed by atoms with E-state index in [1.54, 1.807) is 7.11 Å². The zero-order valence-corrected chi connectivity index (χ0v) is 13.5. The van der Waals surface area contributed by atoms with Gasteiger partial charge in [0.15, 0.2) is 0 Å². The number of unbranched alkanes of at least 4 members (excludes halogenated alkanes) is 1. The minimum atomic E-state index is 0.261. The first-order chi connectivity index (χ1) is 9.22. The van der Waals surface area contributed by atoms with E-state index < -0.39 is 0 Å². The van der Waals surface area contributed by atoms with E-state index in [2.05, 4.69) is 40.8 Å². The Morgan fingerprint density at radius 1 is 1.32 bits per heavy atom. The molecule has 1 aliphatic rings. The first-order valence-corrected chi connectivity index (χ1v) is 7.88. The van der Waals surface area contributed by atoms with E-state index >= 15 is 0 Å². The topological polar surface area (TPSA) is 29.5 Å². The van der Waals surface area contributed by atoms with Crippen molar-refractivity contribution in [1.82, 2.24) is 0 Å². The Balaban J connectivity index is 2.13. The predicted octanol–water partition coefficient (Wildman–Crippen LogP) is 3.39. The van der Waals surface area contributed by atoms with Crippen molar-refractivity contribution in [3.05, 3.63) is 27.3 Å². The van der Waals surface area contributed by atoms with E-state index in [0.29, 0.717) is 6.42 Å². The number of carbonyl (C=O) groups is 1. The van der Waals surface area contributed by atoms with Gasteiger partial charge in [-0.1, -0.05) is 0 Å². The van der Waals surface area contributed by atoms with Gasteiger partial charge in [-0.05, 0) is 72.0 Å². The van der Waals surface area contributed by atoms with Gasteiger partial charge in [0.1, 0.15) is 0 Å². The van der Waals surface area contributed by atoms with Crippen LogP contribution in [-0.2, 0) is 16.0 Å². The normalized spacial score (nSPS) is 15.3. The highest BCUT2D eigenvalue weighted by molar-refractivity contribution is 14.1. The number of aryl methyl sites for hydroxylation is 1. The van der Waals surface area contributed by atoms with Gasteiger partial charge in [0.2, 0.25) is 5.91 Å². The van der Waals surface area contributed by atoms with Gasteiger partial charge in [0.05, 0.1) is 0 Å². The molecule has 104 valence electrons. The fraction of sp³-hybridized carbons (Fsp3) is 0.533. The average Bonchev–Trinajstić information content (AvgIpc) is 2.54. The standard InChI is InChI=1S/C15H20INO2/c1-19-10-3-2-9-17-14-8-7-13(16)11-12(14)5-4-6-15(17)18/h7-8,11H,2-6,9-10H2,1H3. The van der Waals surface area contributed by atoms with Crippen molar-refractivity contribution < 1.29 is 9.53 Å². The molecule has 19 heavy (non-hydrogen) atoms. The summed E-state index contributed by atoms with van der Waals surface area (Å²) >= 11 is 2.33. The van der Waals surface area contributed by atoms with Crippen LogP contribution in [0.25, 0.3) is 0 Å². The Morgan fingerprint density at radius 3 is 2.95 bits per heavy atom. The third-order valence-electron chi connectivity index (χ3n) is 3.45. The Bertz CT molecular complexity index is 448. The fourth-order valence-electron chi connectivity index (χ4n) is 2.48. The number of ether oxygens (including phenoxy) is 1. The van der Waals surface area contributed by atoms with Crippen LogP contribution in [0.5, 0.6) is 0 Å². The van der Waals surface area contributed by atoms with Crippen molar-refractivity contribution in [2.75, 3.05) is 25.2 Å². The molecule has 3 nitrogen and oxygen atoms in total. The lowest BCUT2D eigenvalue weighted by molar-refractivity contribution is -0.118. The van der Waals surface area contributed by atoms with E-state index in [9.17, 15) is 4.79 Å². The molecule has 0 atom stereocenters. The van der Waals surface area contributed by atoms with Gasteiger partial charge in [-0.3, -0.25) is 4.79 Å². The van der Waals surface area contributed by atoms with Crippen molar-refractivity contribution >= 4 is 34.2 Å². The third-order valence-corrected chi connectivity index (χ3v) is 4.12. The van der Waals surface area contributed by atoms with Crippen LogP contribution in [0, 0.1) is 3.57 Å². The highest BCUT2D eigenvalue weighted by atomic mass is 127. The van der Waals surface area contributed by atoms with Crippen molar-refractivity contribution in [2.24, 2.45) is 0 Å². The second kappa shape index (κ2) is 7.24. The van der Waals surface area contributed by atoms with E-state index in [1.807, 2.05) is 4.90 Å². The number of hydrogen-bond donors (Lipinski definition) is 0. The lowest BCUT2D eigenvalue weighted by Crippen LogP contribution is -2.31. The molecule has 1 aromatic carbocycles. The van der Waals surface area contributed by atoms with Crippen LogP contribution in [-0.4, -0.2) is 26.2 Å². The zero-order chi connectivity index (χ0) is 13.7. The average molecular weight is 373 g/mol. The Hall–Kier alpha value is -0.620. The van der Waals surface area contributed by atoms with Gasteiger partial charge in [-0.15, -0.1) is 0 Å². The summed E-state index contributed by atoms with van der Waals surface area (Å²) in [6.07, 6.45) is 4.62. The molecule has 4 heteroatoms. The van der Waals surface area contributed by atoms with Gasteiger partial charge in [-0.2, -0.15) is 0 Å². The highest BCUT2D eigenvalue weighted by Crippen LogP contribution is 2.28. The van der Waals surface area contributed by atoms with Gasteiger partial charge in [0, 0.05) is 35.9 Å². The summed E-state index contributed by atoms with van der Waals surface area (Å²) in [6.45, 7) is 1.57. The van der Waals surface area contributed by atoms with Crippen molar-refractivity contribution in [3.8, 4) is 0 Å². The molecule has 0 unspecified atom stereocenters. The molecule has 0 N–H and O–H groups in total. The lowest BCUT2D eigenvalue weighted by Gasteiger charge is -2.23. The minimum Gasteiger partial charge on any atom is -0.385 e. The van der Waals surface area contributed by atoms with Crippen LogP contribution >= 0.6 is 22.6 Å². The van der Waals surface area contributed by atoms with Crippen LogP contribution in [0.1, 0.15) is 31.2 Å². The second-order valence-electron chi connectivity index (χ2n) is 4.87. The second-order valence-corrected chi connectivity index (χ2v) is 6.12. The number of carbonyl (C=O) groups excluding carboxylic acids is 1. The Morgan fingerprint density at radius 2 is 2.16 bits per heavy atom. The summed E-state index contributed by atoms with van der Waals surface area (Å²) in [5.74, 6) is 0.261. The molecular weight excluding hydrogens is 353 g/mol. The number of fused-ring (bicyclic) bond motifs is 1. The van der Waals surface area contributed by atoms with Gasteiger partial charge >= 0.3 is 0 Å². The van der Waals surface area contributed by atoms with E-state index in [4.69, 9.17) is 4.74 Å². The summed E-state index contributed by atoms with van der Waals surface area (Å²) in [6, 6.07) is 6.38. The molecule has 0 saturated heterocycles. The van der Waals surface area contributed by atoms with Crippen LogP contribution in [0.4, 0.5) is 5.69 Å². The molecule has 1 aromatic rings. The predicted molar refractivity (Wildman–Crippen MR) is 85.6 cm³/mol. The van der Waals surface area contributed by atoms with E-state index in [0.717, 1.165) is 44.5 Å². The molecule has 0 saturated carbocycles. The maximum atomic E-state index is 12.2. The summed E-state index contributed by atoms with van der Waals surface area (Å²) < 4.78 is 6.30. The molecule has 0 fully saturated rings. The third kappa shape index (κ3) is 3.92. The number of rotatable bonds is 5. The molecule has 0 bridgehead atoms. The minimum absolute atomic E-state index is 0.261. The molecule has 0 aliphatic carbocycles. The van der Waals surface area contributed by atoms with Crippen molar-refractivity contribution in [3.63, 3.8) is 0 Å². The molecule has 1 aliphatic heterocycles. The van der Waals surface area contributed by atoms with Crippen LogP contribution in [0.15, 0.2) is 18.2 Å². The van der Waals surface area contributed by atoms with Crippen LogP contribution < -0.4 is 4.90 Å². The zero-order valence-electron chi connectivity index (χ0n) is 11.3. The van der Waals surface area contributed by atoms with Crippen molar-refractivity contribution in [1.29, 1.82) is 0 Å². The van der Waals surface area contributed by atoms with Gasteiger partial charge < -0.3 is 9.64 Å². The van der Waals surface area contributed by atoms with Crippen LogP contribution in [0.3, 0.4) is 0 Å². The quantitative estimate of drug-likeness (QED) is 0.585. The number of halogens is 1. The maximum absolute atomic E-state index is 12.2. The van der Waals surface area contributed by atoms with E-state index in [-0.39, 0.29) is 5.91 Å². The van der Waals surface area contributed by atoms with E-state index in [1.165, 1.54) is 9.13 Å². The van der Waals surface area contributed by atoms with Gasteiger partial charge in [0.25, 0.3) is 0 Å². The summed E-state index contributed by atoms with van der Waals surface area (Å²) in [7, 11) is 1.72. The highest BCUT2D eigenvalue weighted by Gasteiger charge is 2.21. The number of anilines is 1. The smallest absolute Gasteiger partial charge is 0.226 e. The van der Waals surface area contributed by atoms with Crippen molar-refractivity contribution in [2.45, 2.75) is 32.1 Å². The number of hydrogen-bond acceptors (Lipinski definition) is 2. The summed E-state index contributed by atoms with van der Waals surface area (Å²) in [4.78, 5) is 14.2. The number of amides is 1. The number of nitrogens with zero attached hydrogens (tertiary/aromatic N) is 1. The molecule has 1 heterocycles. The molecule has 1 amide bonds. The Kier molecular flexibility index (Phi) is 5.63. The molecule has 0 radical (unpaired) electrons. The van der Waals surface area contributed by atoms with Gasteiger partial charge in [-0.25, -0.2) is 0 Å². The SMILES string of the molecule is COCCCCN1C(=O)CCCc2cc(I)ccc21. The molecule has 0 aromatic heterocycles. The lowest BCUT2D eigenvalue weighted by atomic mass is 10.1. The monoisotopic (exact) mass is 373 g/mol.